The minimum atomic E-state index is -0.504. The van der Waals surface area contributed by atoms with E-state index in [2.05, 4.69) is 35.7 Å². The van der Waals surface area contributed by atoms with E-state index in [1.54, 1.807) is 12.3 Å². The molecule has 1 aliphatic rings. The van der Waals surface area contributed by atoms with Crippen molar-refractivity contribution in [3.63, 3.8) is 0 Å². The van der Waals surface area contributed by atoms with Gasteiger partial charge in [-0.3, -0.25) is 4.98 Å². The Balaban J connectivity index is 1.60. The minimum absolute atomic E-state index is 0.0782. The van der Waals surface area contributed by atoms with Crippen molar-refractivity contribution < 1.29 is 8.78 Å². The standard InChI is InChI=1S/C18H15BrF2N4/c19-12-1-4-16(23-11-12)25-9-7-24(8-10-25)15-5-6-22-18-14(21)3-2-13(20)17(15)18/h1-6,11H,7-10H2. The van der Waals surface area contributed by atoms with Gasteiger partial charge in [-0.1, -0.05) is 0 Å². The van der Waals surface area contributed by atoms with E-state index in [0.717, 1.165) is 35.5 Å². The highest BCUT2D eigenvalue weighted by Crippen LogP contribution is 2.30. The number of hydrogen-bond donors (Lipinski definition) is 0. The van der Waals surface area contributed by atoms with Crippen LogP contribution in [0.25, 0.3) is 10.9 Å². The van der Waals surface area contributed by atoms with Gasteiger partial charge in [0, 0.05) is 43.0 Å². The van der Waals surface area contributed by atoms with E-state index >= 15 is 0 Å². The number of rotatable bonds is 2. The minimum Gasteiger partial charge on any atom is -0.367 e. The lowest BCUT2D eigenvalue weighted by atomic mass is 10.1. The molecule has 0 bridgehead atoms. The highest BCUT2D eigenvalue weighted by molar-refractivity contribution is 9.10. The van der Waals surface area contributed by atoms with Crippen molar-refractivity contribution >= 4 is 38.3 Å². The van der Waals surface area contributed by atoms with E-state index in [9.17, 15) is 8.78 Å². The molecule has 0 saturated carbocycles. The monoisotopic (exact) mass is 404 g/mol. The molecule has 3 heterocycles. The molecule has 4 rings (SSSR count). The number of benzene rings is 1. The normalized spacial score (nSPS) is 15.0. The number of halogens is 3. The zero-order chi connectivity index (χ0) is 17.4. The van der Waals surface area contributed by atoms with Gasteiger partial charge in [0.25, 0.3) is 0 Å². The van der Waals surface area contributed by atoms with Crippen LogP contribution in [-0.4, -0.2) is 36.1 Å². The predicted molar refractivity (Wildman–Crippen MR) is 98.0 cm³/mol. The van der Waals surface area contributed by atoms with Gasteiger partial charge >= 0.3 is 0 Å². The molecule has 25 heavy (non-hydrogen) atoms. The molecule has 0 amide bonds. The van der Waals surface area contributed by atoms with E-state index < -0.39 is 11.6 Å². The molecule has 3 aromatic rings. The maximum atomic E-state index is 14.3. The fourth-order valence-electron chi connectivity index (χ4n) is 3.17. The third-order valence-corrected chi connectivity index (χ3v) is 4.90. The van der Waals surface area contributed by atoms with Gasteiger partial charge in [-0.25, -0.2) is 13.8 Å². The third-order valence-electron chi connectivity index (χ3n) is 4.43. The largest absolute Gasteiger partial charge is 0.367 e. The van der Waals surface area contributed by atoms with E-state index in [-0.39, 0.29) is 10.9 Å². The van der Waals surface area contributed by atoms with Gasteiger partial charge in [-0.2, -0.15) is 0 Å². The van der Waals surface area contributed by atoms with Crippen molar-refractivity contribution in [2.45, 2.75) is 0 Å². The molecule has 0 radical (unpaired) electrons. The summed E-state index contributed by atoms with van der Waals surface area (Å²) in [6, 6.07) is 7.95. The predicted octanol–water partition coefficient (Wildman–Crippen LogP) is 4.00. The molecule has 128 valence electrons. The molecule has 0 spiro atoms. The highest BCUT2D eigenvalue weighted by atomic mass is 79.9. The zero-order valence-corrected chi connectivity index (χ0v) is 14.9. The van der Waals surface area contributed by atoms with Crippen LogP contribution in [0.3, 0.4) is 0 Å². The topological polar surface area (TPSA) is 32.3 Å². The maximum Gasteiger partial charge on any atom is 0.149 e. The summed E-state index contributed by atoms with van der Waals surface area (Å²) in [6.45, 7) is 2.92. The van der Waals surface area contributed by atoms with Crippen LogP contribution in [0.4, 0.5) is 20.3 Å². The summed E-state index contributed by atoms with van der Waals surface area (Å²) < 4.78 is 29.2. The first-order valence-corrected chi connectivity index (χ1v) is 8.77. The smallest absolute Gasteiger partial charge is 0.149 e. The van der Waals surface area contributed by atoms with Gasteiger partial charge in [-0.15, -0.1) is 0 Å². The van der Waals surface area contributed by atoms with Crippen LogP contribution in [0.2, 0.25) is 0 Å². The first-order valence-electron chi connectivity index (χ1n) is 7.97. The first kappa shape index (κ1) is 16.2. The second-order valence-electron chi connectivity index (χ2n) is 5.89. The van der Waals surface area contributed by atoms with E-state index in [1.165, 1.54) is 6.20 Å². The lowest BCUT2D eigenvalue weighted by Crippen LogP contribution is -2.47. The van der Waals surface area contributed by atoms with Crippen molar-refractivity contribution in [1.82, 2.24) is 9.97 Å². The van der Waals surface area contributed by atoms with Gasteiger partial charge in [0.05, 0.1) is 11.1 Å². The molecule has 7 heteroatoms. The maximum absolute atomic E-state index is 14.3. The van der Waals surface area contributed by atoms with E-state index in [1.807, 2.05) is 12.1 Å². The van der Waals surface area contributed by atoms with Crippen LogP contribution in [0.15, 0.2) is 47.2 Å². The van der Waals surface area contributed by atoms with Crippen molar-refractivity contribution in [3.8, 4) is 0 Å². The number of nitrogens with zero attached hydrogens (tertiary/aromatic N) is 4. The Bertz CT molecular complexity index is 909. The Morgan fingerprint density at radius 1 is 0.840 bits per heavy atom. The van der Waals surface area contributed by atoms with Crippen LogP contribution >= 0.6 is 15.9 Å². The number of fused-ring (bicyclic) bond motifs is 1. The number of hydrogen-bond acceptors (Lipinski definition) is 4. The third kappa shape index (κ3) is 3.04. The van der Waals surface area contributed by atoms with Crippen molar-refractivity contribution in [2.24, 2.45) is 0 Å². The SMILES string of the molecule is Fc1ccc(F)c2c(N3CCN(c4ccc(Br)cn4)CC3)ccnc12. The Morgan fingerprint density at radius 3 is 2.28 bits per heavy atom. The molecule has 1 aliphatic heterocycles. The zero-order valence-electron chi connectivity index (χ0n) is 13.3. The van der Waals surface area contributed by atoms with E-state index in [4.69, 9.17) is 0 Å². The number of pyridine rings is 2. The molecule has 2 aromatic heterocycles. The van der Waals surface area contributed by atoms with Crippen LogP contribution in [0.1, 0.15) is 0 Å². The summed E-state index contributed by atoms with van der Waals surface area (Å²) in [5, 5.41) is 0.248. The summed E-state index contributed by atoms with van der Waals surface area (Å²) in [6.07, 6.45) is 3.30. The highest BCUT2D eigenvalue weighted by Gasteiger charge is 2.22. The fourth-order valence-corrected chi connectivity index (χ4v) is 3.41. The van der Waals surface area contributed by atoms with Crippen molar-refractivity contribution in [1.29, 1.82) is 0 Å². The number of aromatic nitrogens is 2. The van der Waals surface area contributed by atoms with Crippen LogP contribution in [-0.2, 0) is 0 Å². The van der Waals surface area contributed by atoms with E-state index in [0.29, 0.717) is 18.8 Å². The van der Waals surface area contributed by atoms with Crippen molar-refractivity contribution in [2.75, 3.05) is 36.0 Å². The Kier molecular flexibility index (Phi) is 4.25. The molecule has 1 fully saturated rings. The van der Waals surface area contributed by atoms with Crippen LogP contribution < -0.4 is 9.80 Å². The Labute approximate surface area is 152 Å². The quantitative estimate of drug-likeness (QED) is 0.646. The second-order valence-corrected chi connectivity index (χ2v) is 6.81. The molecule has 0 atom stereocenters. The average Bonchev–Trinajstić information content (AvgIpc) is 2.65. The molecule has 1 aromatic carbocycles. The fraction of sp³-hybridized carbons (Fsp3) is 0.222. The van der Waals surface area contributed by atoms with Gasteiger partial charge in [-0.05, 0) is 46.3 Å². The number of piperazine rings is 1. The molecule has 4 nitrogen and oxygen atoms in total. The molecule has 1 saturated heterocycles. The average molecular weight is 405 g/mol. The lowest BCUT2D eigenvalue weighted by Gasteiger charge is -2.37. The summed E-state index contributed by atoms with van der Waals surface area (Å²) in [4.78, 5) is 12.7. The summed E-state index contributed by atoms with van der Waals surface area (Å²) >= 11 is 3.38. The van der Waals surface area contributed by atoms with Gasteiger partial charge in [0.1, 0.15) is 23.0 Å². The van der Waals surface area contributed by atoms with Gasteiger partial charge in [0.15, 0.2) is 0 Å². The van der Waals surface area contributed by atoms with Gasteiger partial charge in [0.2, 0.25) is 0 Å². The summed E-state index contributed by atoms with van der Waals surface area (Å²) in [7, 11) is 0. The summed E-state index contributed by atoms with van der Waals surface area (Å²) in [5.41, 5.74) is 0.764. The first-order chi connectivity index (χ1) is 12.1. The second kappa shape index (κ2) is 6.55. The Morgan fingerprint density at radius 2 is 1.56 bits per heavy atom. The molecule has 0 N–H and O–H groups in total. The molecule has 0 unspecified atom stereocenters. The molecular formula is C18H15BrF2N4. The van der Waals surface area contributed by atoms with Crippen LogP contribution in [0.5, 0.6) is 0 Å². The van der Waals surface area contributed by atoms with Crippen molar-refractivity contribution in [3.05, 3.63) is 58.8 Å². The van der Waals surface area contributed by atoms with Gasteiger partial charge < -0.3 is 9.80 Å². The summed E-state index contributed by atoms with van der Waals surface area (Å²) in [5.74, 6) is -0.0351. The molecular weight excluding hydrogens is 390 g/mol. The van der Waals surface area contributed by atoms with Crippen LogP contribution in [0, 0.1) is 11.6 Å². The number of anilines is 2. The Hall–Kier alpha value is -2.28. The lowest BCUT2D eigenvalue weighted by molar-refractivity contribution is 0.612. The molecule has 0 aliphatic carbocycles.